The fraction of sp³-hybridized carbons (Fsp3) is 0.769. The van der Waals surface area contributed by atoms with Crippen LogP contribution in [0.3, 0.4) is 0 Å². The van der Waals surface area contributed by atoms with Crippen LogP contribution in [-0.4, -0.2) is 51.7 Å². The van der Waals surface area contributed by atoms with E-state index in [4.69, 9.17) is 4.74 Å². The van der Waals surface area contributed by atoms with Crippen molar-refractivity contribution in [2.45, 2.75) is 45.4 Å². The van der Waals surface area contributed by atoms with Gasteiger partial charge in [0, 0.05) is 13.2 Å². The van der Waals surface area contributed by atoms with Gasteiger partial charge in [0.15, 0.2) is 0 Å². The molecule has 0 spiro atoms. The van der Waals surface area contributed by atoms with E-state index in [1.165, 1.54) is 17.1 Å². The average molecular weight is 300 g/mol. The van der Waals surface area contributed by atoms with Crippen LogP contribution >= 0.6 is 0 Å². The lowest BCUT2D eigenvalue weighted by Crippen LogP contribution is -2.31. The highest BCUT2D eigenvalue weighted by Gasteiger charge is 2.11. The molecule has 1 aromatic rings. The molecule has 0 amide bonds. The van der Waals surface area contributed by atoms with Gasteiger partial charge in [0.25, 0.3) is 0 Å². The van der Waals surface area contributed by atoms with Gasteiger partial charge in [-0.3, -0.25) is 14.8 Å². The number of aliphatic hydroxyl groups is 1. The molecule has 1 aromatic heterocycles. The monoisotopic (exact) mass is 300 g/mol. The third-order valence-electron chi connectivity index (χ3n) is 2.81. The number of hydrogen-bond acceptors (Lipinski definition) is 6. The number of nitrogens with one attached hydrogen (secondary N) is 1. The van der Waals surface area contributed by atoms with Crippen LogP contribution < -0.4 is 5.32 Å². The largest absolute Gasteiger partial charge is 0.390 e. The van der Waals surface area contributed by atoms with Crippen LogP contribution in [-0.2, 0) is 11.3 Å². The zero-order valence-corrected chi connectivity index (χ0v) is 12.6. The van der Waals surface area contributed by atoms with Crippen LogP contribution in [0.5, 0.6) is 0 Å². The number of aromatic nitrogens is 2. The van der Waals surface area contributed by atoms with Crippen LogP contribution in [0, 0.1) is 10.1 Å². The number of aliphatic hydroxyl groups excluding tert-OH is 1. The van der Waals surface area contributed by atoms with Crippen molar-refractivity contribution in [3.63, 3.8) is 0 Å². The first-order valence-electron chi connectivity index (χ1n) is 7.16. The molecule has 0 radical (unpaired) electrons. The summed E-state index contributed by atoms with van der Waals surface area (Å²) < 4.78 is 6.80. The number of rotatable bonds is 11. The maximum atomic E-state index is 10.5. The number of nitrogens with zero attached hydrogens (tertiary/aromatic N) is 3. The second kappa shape index (κ2) is 9.43. The fourth-order valence-electron chi connectivity index (χ4n) is 1.77. The van der Waals surface area contributed by atoms with Crippen molar-refractivity contribution in [2.24, 2.45) is 0 Å². The third-order valence-corrected chi connectivity index (χ3v) is 2.81. The summed E-state index contributed by atoms with van der Waals surface area (Å²) in [5, 5.41) is 27.3. The van der Waals surface area contributed by atoms with Gasteiger partial charge in [0.1, 0.15) is 12.4 Å². The summed E-state index contributed by atoms with van der Waals surface area (Å²) in [5.74, 6) is 0. The van der Waals surface area contributed by atoms with Crippen LogP contribution in [0.4, 0.5) is 5.69 Å². The molecule has 0 bridgehead atoms. The molecule has 1 atom stereocenters. The molecule has 0 aliphatic rings. The lowest BCUT2D eigenvalue weighted by atomic mass is 10.3. The van der Waals surface area contributed by atoms with Gasteiger partial charge in [-0.05, 0) is 33.2 Å². The molecule has 1 unspecified atom stereocenters. The fourth-order valence-corrected chi connectivity index (χ4v) is 1.77. The maximum Gasteiger partial charge on any atom is 0.306 e. The molecular weight excluding hydrogens is 276 g/mol. The molecule has 2 N–H and O–H groups in total. The second-order valence-corrected chi connectivity index (χ2v) is 5.16. The van der Waals surface area contributed by atoms with Crippen molar-refractivity contribution in [2.75, 3.05) is 19.7 Å². The lowest BCUT2D eigenvalue weighted by molar-refractivity contribution is -0.385. The Hall–Kier alpha value is -1.51. The Bertz CT molecular complexity index is 422. The van der Waals surface area contributed by atoms with E-state index >= 15 is 0 Å². The summed E-state index contributed by atoms with van der Waals surface area (Å²) in [7, 11) is 0. The van der Waals surface area contributed by atoms with Gasteiger partial charge in [-0.25, -0.2) is 0 Å². The third kappa shape index (κ3) is 7.74. The highest BCUT2D eigenvalue weighted by Crippen LogP contribution is 2.07. The minimum atomic E-state index is -0.628. The molecule has 0 aliphatic carbocycles. The summed E-state index contributed by atoms with van der Waals surface area (Å²) in [6, 6.07) is 0. The number of hydrogen-bond donors (Lipinski definition) is 2. The Morgan fingerprint density at radius 1 is 1.52 bits per heavy atom. The van der Waals surface area contributed by atoms with Gasteiger partial charge in [0.05, 0.1) is 23.7 Å². The SMILES string of the molecule is CC(C)OCCCCNCC(O)Cn1cc([N+](=O)[O-])cn1. The summed E-state index contributed by atoms with van der Waals surface area (Å²) in [6.45, 7) is 6.23. The first kappa shape index (κ1) is 17.5. The molecule has 21 heavy (non-hydrogen) atoms. The van der Waals surface area contributed by atoms with Gasteiger partial charge in [0.2, 0.25) is 0 Å². The Morgan fingerprint density at radius 3 is 2.90 bits per heavy atom. The predicted molar refractivity (Wildman–Crippen MR) is 78.1 cm³/mol. The van der Waals surface area contributed by atoms with E-state index in [-0.39, 0.29) is 18.3 Å². The Balaban J connectivity index is 2.08. The molecule has 0 saturated heterocycles. The van der Waals surface area contributed by atoms with Crippen LogP contribution in [0.2, 0.25) is 0 Å². The number of unbranched alkanes of at least 4 members (excludes halogenated alkanes) is 1. The first-order valence-corrected chi connectivity index (χ1v) is 7.16. The Morgan fingerprint density at radius 2 is 2.29 bits per heavy atom. The standard InChI is InChI=1S/C13H24N4O4/c1-11(2)21-6-4-3-5-14-8-13(18)10-16-9-12(7-15-16)17(19)20/h7,9,11,13-14,18H,3-6,8,10H2,1-2H3. The molecule has 0 aliphatic heterocycles. The molecule has 8 nitrogen and oxygen atoms in total. The van der Waals surface area contributed by atoms with E-state index in [0.717, 1.165) is 26.0 Å². The van der Waals surface area contributed by atoms with E-state index in [0.29, 0.717) is 6.54 Å². The molecule has 1 heterocycles. The predicted octanol–water partition coefficient (Wildman–Crippen LogP) is 0.947. The number of ether oxygens (including phenoxy) is 1. The van der Waals surface area contributed by atoms with E-state index in [2.05, 4.69) is 10.4 Å². The molecule has 1 rings (SSSR count). The average Bonchev–Trinajstić information content (AvgIpc) is 2.86. The lowest BCUT2D eigenvalue weighted by Gasteiger charge is -2.12. The van der Waals surface area contributed by atoms with E-state index < -0.39 is 11.0 Å². The van der Waals surface area contributed by atoms with Crippen molar-refractivity contribution < 1.29 is 14.8 Å². The second-order valence-electron chi connectivity index (χ2n) is 5.16. The van der Waals surface area contributed by atoms with Crippen LogP contribution in [0.25, 0.3) is 0 Å². The summed E-state index contributed by atoms with van der Waals surface area (Å²) in [4.78, 5) is 10.00. The Kier molecular flexibility index (Phi) is 7.88. The van der Waals surface area contributed by atoms with Gasteiger partial charge < -0.3 is 15.2 Å². The molecule has 0 aromatic carbocycles. The van der Waals surface area contributed by atoms with Crippen LogP contribution in [0.15, 0.2) is 12.4 Å². The molecule has 0 saturated carbocycles. The van der Waals surface area contributed by atoms with E-state index in [9.17, 15) is 15.2 Å². The highest BCUT2D eigenvalue weighted by atomic mass is 16.6. The molecule has 120 valence electrons. The molecular formula is C13H24N4O4. The summed E-state index contributed by atoms with van der Waals surface area (Å²) in [5.41, 5.74) is -0.0692. The highest BCUT2D eigenvalue weighted by molar-refractivity contribution is 5.20. The van der Waals surface area contributed by atoms with Gasteiger partial charge in [-0.2, -0.15) is 5.10 Å². The Labute approximate surface area is 124 Å². The topological polar surface area (TPSA) is 102 Å². The van der Waals surface area contributed by atoms with Crippen LogP contribution in [0.1, 0.15) is 26.7 Å². The zero-order valence-electron chi connectivity index (χ0n) is 12.6. The molecule has 8 heteroatoms. The summed E-state index contributed by atoms with van der Waals surface area (Å²) in [6.07, 6.45) is 4.08. The minimum absolute atomic E-state index is 0.0692. The van der Waals surface area contributed by atoms with Gasteiger partial charge >= 0.3 is 5.69 Å². The van der Waals surface area contributed by atoms with Gasteiger partial charge in [-0.1, -0.05) is 0 Å². The summed E-state index contributed by atoms with van der Waals surface area (Å²) >= 11 is 0. The molecule has 0 fully saturated rings. The van der Waals surface area contributed by atoms with Crippen molar-refractivity contribution in [3.8, 4) is 0 Å². The van der Waals surface area contributed by atoms with Crippen molar-refractivity contribution >= 4 is 5.69 Å². The minimum Gasteiger partial charge on any atom is -0.390 e. The zero-order chi connectivity index (χ0) is 15.7. The van der Waals surface area contributed by atoms with E-state index in [1.54, 1.807) is 0 Å². The van der Waals surface area contributed by atoms with Crippen molar-refractivity contribution in [1.82, 2.24) is 15.1 Å². The van der Waals surface area contributed by atoms with E-state index in [1.807, 2.05) is 13.8 Å². The van der Waals surface area contributed by atoms with Crippen molar-refractivity contribution in [3.05, 3.63) is 22.5 Å². The van der Waals surface area contributed by atoms with Crippen molar-refractivity contribution in [1.29, 1.82) is 0 Å². The smallest absolute Gasteiger partial charge is 0.306 e. The normalized spacial score (nSPS) is 12.8. The number of nitro groups is 1. The van der Waals surface area contributed by atoms with Gasteiger partial charge in [-0.15, -0.1) is 0 Å². The quantitative estimate of drug-likeness (QED) is 0.358. The maximum absolute atomic E-state index is 10.5. The first-order chi connectivity index (χ1) is 9.99.